The Hall–Kier alpha value is -3.92. The van der Waals surface area contributed by atoms with Gasteiger partial charge in [-0.1, -0.05) is 80.6 Å². The van der Waals surface area contributed by atoms with E-state index in [4.69, 9.17) is 0 Å². The minimum Gasteiger partial charge on any atom is -0.481 e. The molecule has 0 radical (unpaired) electrons. The predicted octanol–water partition coefficient (Wildman–Crippen LogP) is 6.53. The fraction of sp³-hybridized carbons (Fsp3) is 0.172. The van der Waals surface area contributed by atoms with Crippen molar-refractivity contribution in [2.45, 2.75) is 31.7 Å². The van der Waals surface area contributed by atoms with Gasteiger partial charge in [0.15, 0.2) is 0 Å². The molecule has 0 saturated carbocycles. The number of carbonyl (C=O) groups excluding carboxylic acids is 1. The van der Waals surface area contributed by atoms with E-state index in [1.165, 1.54) is 5.56 Å². The molecule has 1 aliphatic rings. The summed E-state index contributed by atoms with van der Waals surface area (Å²) in [6.07, 6.45) is 0. The zero-order chi connectivity index (χ0) is 23.1. The lowest BCUT2D eigenvalue weighted by atomic mass is 9.79. The monoisotopic (exact) mass is 435 g/mol. The molecule has 0 bridgehead atoms. The Morgan fingerprint density at radius 3 is 2.21 bits per heavy atom. The number of hydrogen-bond acceptors (Lipinski definition) is 2. The summed E-state index contributed by atoms with van der Waals surface area (Å²) in [4.78, 5) is 28.1. The van der Waals surface area contributed by atoms with Crippen LogP contribution in [0.2, 0.25) is 0 Å². The quantitative estimate of drug-likeness (QED) is 0.396. The molecule has 164 valence electrons. The highest BCUT2D eigenvalue weighted by molar-refractivity contribution is 6.11. The number of anilines is 1. The molecule has 5 rings (SSSR count). The molecular formula is C29H25NO3. The molecule has 4 nitrogen and oxygen atoms in total. The van der Waals surface area contributed by atoms with Gasteiger partial charge >= 0.3 is 5.97 Å². The first-order chi connectivity index (χ1) is 16.0. The number of nitrogens with zero attached hydrogens (tertiary/aromatic N) is 1. The van der Waals surface area contributed by atoms with E-state index in [1.54, 1.807) is 29.2 Å². The number of carboxylic acids is 1. The first-order valence-corrected chi connectivity index (χ1v) is 11.2. The summed E-state index contributed by atoms with van der Waals surface area (Å²) in [6, 6.07) is 28.2. The van der Waals surface area contributed by atoms with Crippen molar-refractivity contribution in [1.82, 2.24) is 0 Å². The summed E-state index contributed by atoms with van der Waals surface area (Å²) in [5, 5.41) is 12.4. The summed E-state index contributed by atoms with van der Waals surface area (Å²) >= 11 is 0. The van der Waals surface area contributed by atoms with Gasteiger partial charge in [-0.15, -0.1) is 0 Å². The standard InChI is InChI=1S/C29H25NO3/c1-18(2)19-13-15-23(16-14-19)30-27(22-12-11-20-7-3-4-8-21(20)17-22)26(29(32)33)24-9-5-6-10-25(24)28(30)31/h3-18,26-27H,1-2H3,(H,32,33)/t26-,27+/m0/s1. The lowest BCUT2D eigenvalue weighted by molar-refractivity contribution is -0.139. The fourth-order valence-corrected chi connectivity index (χ4v) is 4.84. The minimum absolute atomic E-state index is 0.182. The number of rotatable bonds is 4. The second kappa shape index (κ2) is 8.21. The fourth-order valence-electron chi connectivity index (χ4n) is 4.84. The maximum atomic E-state index is 13.8. The lowest BCUT2D eigenvalue weighted by Gasteiger charge is -2.41. The van der Waals surface area contributed by atoms with Gasteiger partial charge in [0.1, 0.15) is 5.92 Å². The molecule has 0 aliphatic carbocycles. The van der Waals surface area contributed by atoms with E-state index >= 15 is 0 Å². The Balaban J connectivity index is 1.74. The van der Waals surface area contributed by atoms with Crippen LogP contribution >= 0.6 is 0 Å². The van der Waals surface area contributed by atoms with Crippen molar-refractivity contribution >= 4 is 28.3 Å². The summed E-state index contributed by atoms with van der Waals surface area (Å²) in [5.74, 6) is -1.65. The van der Waals surface area contributed by atoms with Crippen LogP contribution in [0.5, 0.6) is 0 Å². The summed E-state index contributed by atoms with van der Waals surface area (Å²) in [5.41, 5.74) is 3.67. The molecule has 0 aromatic heterocycles. The molecular weight excluding hydrogens is 410 g/mol. The molecule has 1 aliphatic heterocycles. The largest absolute Gasteiger partial charge is 0.481 e. The van der Waals surface area contributed by atoms with Crippen molar-refractivity contribution in [3.8, 4) is 0 Å². The Kier molecular flexibility index (Phi) is 5.21. The van der Waals surface area contributed by atoms with E-state index in [2.05, 4.69) is 13.8 Å². The van der Waals surface area contributed by atoms with Crippen molar-refractivity contribution in [3.05, 3.63) is 113 Å². The molecule has 0 fully saturated rings. The van der Waals surface area contributed by atoms with Crippen molar-refractivity contribution in [2.75, 3.05) is 4.90 Å². The van der Waals surface area contributed by atoms with E-state index in [0.717, 1.165) is 16.3 Å². The van der Waals surface area contributed by atoms with Crippen LogP contribution in [0.15, 0.2) is 91.0 Å². The summed E-state index contributed by atoms with van der Waals surface area (Å²) in [7, 11) is 0. The first-order valence-electron chi connectivity index (χ1n) is 11.2. The third-order valence-corrected chi connectivity index (χ3v) is 6.56. The Bertz CT molecular complexity index is 1360. The molecule has 4 aromatic rings. The van der Waals surface area contributed by atoms with E-state index in [1.807, 2.05) is 66.7 Å². The van der Waals surface area contributed by atoms with E-state index in [0.29, 0.717) is 22.7 Å². The van der Waals surface area contributed by atoms with Gasteiger partial charge in [0.05, 0.1) is 6.04 Å². The molecule has 2 atom stereocenters. The van der Waals surface area contributed by atoms with Crippen LogP contribution in [-0.2, 0) is 4.79 Å². The second-order valence-corrected chi connectivity index (χ2v) is 8.88. The van der Waals surface area contributed by atoms with Gasteiger partial charge in [-0.3, -0.25) is 14.5 Å². The summed E-state index contributed by atoms with van der Waals surface area (Å²) in [6.45, 7) is 4.24. The summed E-state index contributed by atoms with van der Waals surface area (Å²) < 4.78 is 0. The number of aliphatic carboxylic acids is 1. The van der Waals surface area contributed by atoms with Crippen LogP contribution in [0, 0.1) is 0 Å². The van der Waals surface area contributed by atoms with Gasteiger partial charge in [0, 0.05) is 11.3 Å². The van der Waals surface area contributed by atoms with E-state index < -0.39 is 17.9 Å². The average molecular weight is 436 g/mol. The van der Waals surface area contributed by atoms with Crippen LogP contribution in [0.3, 0.4) is 0 Å². The average Bonchev–Trinajstić information content (AvgIpc) is 2.83. The van der Waals surface area contributed by atoms with Crippen LogP contribution in [0.1, 0.15) is 58.8 Å². The van der Waals surface area contributed by atoms with Gasteiger partial charge in [0.25, 0.3) is 5.91 Å². The molecule has 0 saturated heterocycles. The SMILES string of the molecule is CC(C)c1ccc(N2C(=O)c3ccccc3[C@H](C(=O)O)[C@H]2c2ccc3ccccc3c2)cc1. The van der Waals surface area contributed by atoms with Gasteiger partial charge in [-0.05, 0) is 57.6 Å². The zero-order valence-corrected chi connectivity index (χ0v) is 18.6. The van der Waals surface area contributed by atoms with Crippen molar-refractivity contribution in [2.24, 2.45) is 0 Å². The molecule has 0 spiro atoms. The number of amides is 1. The van der Waals surface area contributed by atoms with Gasteiger partial charge in [0.2, 0.25) is 0 Å². The Morgan fingerprint density at radius 1 is 0.848 bits per heavy atom. The topological polar surface area (TPSA) is 57.6 Å². The first kappa shape index (κ1) is 21.0. The maximum absolute atomic E-state index is 13.8. The van der Waals surface area contributed by atoms with Gasteiger partial charge in [-0.2, -0.15) is 0 Å². The lowest BCUT2D eigenvalue weighted by Crippen LogP contribution is -2.45. The molecule has 4 aromatic carbocycles. The molecule has 33 heavy (non-hydrogen) atoms. The molecule has 1 N–H and O–H groups in total. The molecule has 4 heteroatoms. The third-order valence-electron chi connectivity index (χ3n) is 6.56. The maximum Gasteiger partial charge on any atom is 0.313 e. The minimum atomic E-state index is -0.947. The van der Waals surface area contributed by atoms with Gasteiger partial charge in [-0.25, -0.2) is 0 Å². The number of benzene rings is 4. The second-order valence-electron chi connectivity index (χ2n) is 8.88. The predicted molar refractivity (Wildman–Crippen MR) is 131 cm³/mol. The zero-order valence-electron chi connectivity index (χ0n) is 18.6. The highest BCUT2D eigenvalue weighted by atomic mass is 16.4. The van der Waals surface area contributed by atoms with Crippen molar-refractivity contribution in [3.63, 3.8) is 0 Å². The molecule has 1 amide bonds. The number of hydrogen-bond donors (Lipinski definition) is 1. The Labute approximate surface area is 193 Å². The van der Waals surface area contributed by atoms with Crippen molar-refractivity contribution in [1.29, 1.82) is 0 Å². The van der Waals surface area contributed by atoms with E-state index in [9.17, 15) is 14.7 Å². The van der Waals surface area contributed by atoms with Crippen LogP contribution in [-0.4, -0.2) is 17.0 Å². The van der Waals surface area contributed by atoms with Crippen LogP contribution in [0.25, 0.3) is 10.8 Å². The van der Waals surface area contributed by atoms with Gasteiger partial charge < -0.3 is 5.11 Å². The van der Waals surface area contributed by atoms with Crippen molar-refractivity contribution < 1.29 is 14.7 Å². The van der Waals surface area contributed by atoms with E-state index in [-0.39, 0.29) is 5.91 Å². The normalized spacial score (nSPS) is 17.9. The highest BCUT2D eigenvalue weighted by Gasteiger charge is 2.45. The highest BCUT2D eigenvalue weighted by Crippen LogP contribution is 2.45. The number of carboxylic acid groups (broad SMARTS) is 1. The smallest absolute Gasteiger partial charge is 0.313 e. The van der Waals surface area contributed by atoms with Crippen LogP contribution < -0.4 is 4.90 Å². The van der Waals surface area contributed by atoms with Crippen LogP contribution in [0.4, 0.5) is 5.69 Å². The molecule has 1 heterocycles. The Morgan fingerprint density at radius 2 is 1.52 bits per heavy atom. The number of fused-ring (bicyclic) bond motifs is 2. The number of carbonyl (C=O) groups is 2. The molecule has 0 unspecified atom stereocenters. The third kappa shape index (κ3) is 3.58.